The van der Waals surface area contributed by atoms with Crippen LogP contribution in [-0.4, -0.2) is 37.3 Å². The quantitative estimate of drug-likeness (QED) is 0.710. The molecular weight excluding hydrogens is 294 g/mol. The Morgan fingerprint density at radius 2 is 1.90 bits per heavy atom. The molecule has 0 aliphatic rings. The third-order valence-corrected chi connectivity index (χ3v) is 3.68. The van der Waals surface area contributed by atoms with E-state index in [-0.39, 0.29) is 5.75 Å². The summed E-state index contributed by atoms with van der Waals surface area (Å²) in [5.74, 6) is -0.119. The summed E-state index contributed by atoms with van der Waals surface area (Å²) in [6, 6.07) is 4.02. The lowest BCUT2D eigenvalue weighted by molar-refractivity contribution is 0.251. The van der Waals surface area contributed by atoms with Crippen molar-refractivity contribution >= 4 is 11.8 Å². The van der Waals surface area contributed by atoms with Gasteiger partial charge in [-0.1, -0.05) is 25.6 Å². The molecule has 0 aromatic carbocycles. The topological polar surface area (TPSA) is 28.4 Å². The molecule has 0 radical (unpaired) electrons. The highest BCUT2D eigenvalue weighted by Gasteiger charge is 2.13. The summed E-state index contributed by atoms with van der Waals surface area (Å²) >= 11 is 0.585. The van der Waals surface area contributed by atoms with Crippen LogP contribution in [0.3, 0.4) is 0 Å². The molecule has 1 aromatic heterocycles. The fraction of sp³-hybridized carbons (Fsp3) is 0.733. The molecule has 1 heterocycles. The minimum Gasteiger partial charge on any atom is -0.464 e. The SMILES string of the molecule is CC(C)CC(CN(C)C)NCc1ccc(CSC(F)F)o1. The van der Waals surface area contributed by atoms with Crippen LogP contribution in [0.1, 0.15) is 31.8 Å². The summed E-state index contributed by atoms with van der Waals surface area (Å²) in [5, 5.41) is 3.49. The molecule has 1 N–H and O–H groups in total. The Morgan fingerprint density at radius 1 is 1.24 bits per heavy atom. The van der Waals surface area contributed by atoms with Gasteiger partial charge in [0.1, 0.15) is 11.5 Å². The standard InChI is InChI=1S/C15H26F2N2OS/c1-11(2)7-12(9-19(3)4)18-8-13-5-6-14(20-13)10-21-15(16)17/h5-6,11-12,15,18H,7-10H2,1-4H3. The zero-order valence-corrected chi connectivity index (χ0v) is 14.1. The lowest BCUT2D eigenvalue weighted by Crippen LogP contribution is -2.38. The van der Waals surface area contributed by atoms with Crippen molar-refractivity contribution in [2.45, 2.75) is 44.4 Å². The number of nitrogens with one attached hydrogen (secondary N) is 1. The number of nitrogens with zero attached hydrogens (tertiary/aromatic N) is 1. The van der Waals surface area contributed by atoms with Crippen LogP contribution in [0, 0.1) is 5.92 Å². The maximum Gasteiger partial charge on any atom is 0.284 e. The first kappa shape index (κ1) is 18.5. The second-order valence-corrected chi connectivity index (χ2v) is 6.89. The number of rotatable bonds is 10. The Hall–Kier alpha value is -0.590. The van der Waals surface area contributed by atoms with E-state index in [1.807, 2.05) is 6.07 Å². The Labute approximate surface area is 130 Å². The maximum atomic E-state index is 12.1. The van der Waals surface area contributed by atoms with Crippen molar-refractivity contribution in [1.29, 1.82) is 0 Å². The summed E-state index contributed by atoms with van der Waals surface area (Å²) in [4.78, 5) is 2.16. The maximum absolute atomic E-state index is 12.1. The van der Waals surface area contributed by atoms with Gasteiger partial charge in [0, 0.05) is 12.6 Å². The number of hydrogen-bond acceptors (Lipinski definition) is 4. The number of furan rings is 1. The largest absolute Gasteiger partial charge is 0.464 e. The van der Waals surface area contributed by atoms with Gasteiger partial charge in [0.15, 0.2) is 0 Å². The van der Waals surface area contributed by atoms with E-state index in [1.165, 1.54) is 0 Å². The lowest BCUT2D eigenvalue weighted by atomic mass is 10.0. The van der Waals surface area contributed by atoms with E-state index in [9.17, 15) is 8.78 Å². The molecule has 6 heteroatoms. The van der Waals surface area contributed by atoms with Gasteiger partial charge >= 0.3 is 0 Å². The normalized spacial score (nSPS) is 13.6. The first-order valence-electron chi connectivity index (χ1n) is 7.22. The molecule has 1 atom stereocenters. The van der Waals surface area contributed by atoms with E-state index in [2.05, 4.69) is 38.2 Å². The first-order valence-corrected chi connectivity index (χ1v) is 8.27. The molecule has 0 saturated carbocycles. The minimum absolute atomic E-state index is 0.213. The van der Waals surface area contributed by atoms with Crippen molar-refractivity contribution in [3.63, 3.8) is 0 Å². The van der Waals surface area contributed by atoms with Gasteiger partial charge in [-0.3, -0.25) is 0 Å². The summed E-state index contributed by atoms with van der Waals surface area (Å²) in [6.45, 7) is 6.01. The van der Waals surface area contributed by atoms with Gasteiger partial charge in [-0.05, 0) is 38.6 Å². The smallest absolute Gasteiger partial charge is 0.284 e. The van der Waals surface area contributed by atoms with Crippen molar-refractivity contribution in [2.75, 3.05) is 20.6 Å². The Kier molecular flexibility index (Phi) is 8.29. The molecule has 0 spiro atoms. The monoisotopic (exact) mass is 320 g/mol. The van der Waals surface area contributed by atoms with E-state index >= 15 is 0 Å². The molecule has 3 nitrogen and oxygen atoms in total. The Morgan fingerprint density at radius 3 is 2.48 bits per heavy atom. The third-order valence-electron chi connectivity index (χ3n) is 2.98. The number of thioether (sulfide) groups is 1. The molecule has 122 valence electrons. The highest BCUT2D eigenvalue weighted by Crippen LogP contribution is 2.21. The number of alkyl halides is 2. The second kappa shape index (κ2) is 9.43. The Balaban J connectivity index is 2.43. The summed E-state index contributed by atoms with van der Waals surface area (Å²) in [5.41, 5.74) is 0. The van der Waals surface area contributed by atoms with Crippen molar-refractivity contribution in [3.05, 3.63) is 23.7 Å². The fourth-order valence-corrected chi connectivity index (χ4v) is 2.66. The number of hydrogen-bond donors (Lipinski definition) is 1. The number of likely N-dealkylation sites (N-methyl/N-ethyl adjacent to an activating group) is 1. The molecule has 0 saturated heterocycles. The third kappa shape index (κ3) is 8.44. The second-order valence-electron chi connectivity index (χ2n) is 5.91. The van der Waals surface area contributed by atoms with Gasteiger partial charge in [0.05, 0.1) is 12.3 Å². The van der Waals surface area contributed by atoms with E-state index in [4.69, 9.17) is 4.42 Å². The van der Waals surface area contributed by atoms with Gasteiger partial charge in [-0.2, -0.15) is 8.78 Å². The molecule has 0 fully saturated rings. The van der Waals surface area contributed by atoms with E-state index in [1.54, 1.807) is 6.07 Å². The molecule has 1 aromatic rings. The van der Waals surface area contributed by atoms with E-state index < -0.39 is 5.76 Å². The molecule has 0 aliphatic carbocycles. The van der Waals surface area contributed by atoms with Crippen LogP contribution in [-0.2, 0) is 12.3 Å². The van der Waals surface area contributed by atoms with Gasteiger partial charge in [0.2, 0.25) is 0 Å². The highest BCUT2D eigenvalue weighted by molar-refractivity contribution is 7.98. The average Bonchev–Trinajstić information content (AvgIpc) is 2.80. The summed E-state index contributed by atoms with van der Waals surface area (Å²) < 4.78 is 29.8. The van der Waals surface area contributed by atoms with Crippen LogP contribution < -0.4 is 5.32 Å². The Bertz CT molecular complexity index is 387. The van der Waals surface area contributed by atoms with Crippen molar-refractivity contribution in [2.24, 2.45) is 5.92 Å². The highest BCUT2D eigenvalue weighted by atomic mass is 32.2. The lowest BCUT2D eigenvalue weighted by Gasteiger charge is -2.23. The van der Waals surface area contributed by atoms with E-state index in [0.29, 0.717) is 36.0 Å². The molecule has 1 unspecified atom stereocenters. The molecule has 0 aliphatic heterocycles. The molecule has 1 rings (SSSR count). The van der Waals surface area contributed by atoms with Crippen LogP contribution in [0.4, 0.5) is 8.78 Å². The molecule has 0 amide bonds. The first-order chi connectivity index (χ1) is 9.86. The van der Waals surface area contributed by atoms with Gasteiger partial charge in [-0.15, -0.1) is 0 Å². The summed E-state index contributed by atoms with van der Waals surface area (Å²) in [7, 11) is 4.11. The van der Waals surface area contributed by atoms with Gasteiger partial charge in [-0.25, -0.2) is 0 Å². The minimum atomic E-state index is -2.35. The van der Waals surface area contributed by atoms with Gasteiger partial charge < -0.3 is 14.6 Å². The van der Waals surface area contributed by atoms with Crippen LogP contribution in [0.25, 0.3) is 0 Å². The predicted octanol–water partition coefficient (Wildman–Crippen LogP) is 3.80. The van der Waals surface area contributed by atoms with Gasteiger partial charge in [0.25, 0.3) is 5.76 Å². The zero-order valence-electron chi connectivity index (χ0n) is 13.2. The van der Waals surface area contributed by atoms with Crippen LogP contribution in [0.2, 0.25) is 0 Å². The van der Waals surface area contributed by atoms with E-state index in [0.717, 1.165) is 18.7 Å². The average molecular weight is 320 g/mol. The predicted molar refractivity (Wildman–Crippen MR) is 84.6 cm³/mol. The van der Waals surface area contributed by atoms with Crippen LogP contribution in [0.5, 0.6) is 0 Å². The number of halogens is 2. The fourth-order valence-electron chi connectivity index (χ4n) is 2.22. The van der Waals surface area contributed by atoms with Crippen molar-refractivity contribution in [1.82, 2.24) is 10.2 Å². The zero-order chi connectivity index (χ0) is 15.8. The van der Waals surface area contributed by atoms with Crippen molar-refractivity contribution < 1.29 is 13.2 Å². The summed E-state index contributed by atoms with van der Waals surface area (Å²) in [6.07, 6.45) is 1.09. The molecule has 21 heavy (non-hydrogen) atoms. The van der Waals surface area contributed by atoms with Crippen LogP contribution in [0.15, 0.2) is 16.5 Å². The molecule has 0 bridgehead atoms. The van der Waals surface area contributed by atoms with Crippen molar-refractivity contribution in [3.8, 4) is 0 Å². The van der Waals surface area contributed by atoms with Crippen LogP contribution >= 0.6 is 11.8 Å². The molecular formula is C15H26F2N2OS.